The normalized spacial score (nSPS) is 23.5. The number of hydrogen-bond donors (Lipinski definition) is 1. The molecule has 5 nitrogen and oxygen atoms in total. The Morgan fingerprint density at radius 2 is 1.48 bits per heavy atom. The summed E-state index contributed by atoms with van der Waals surface area (Å²) in [5.41, 5.74) is 4.11. The summed E-state index contributed by atoms with van der Waals surface area (Å²) in [5, 5.41) is 3.09. The maximum absolute atomic E-state index is 14.9. The first kappa shape index (κ1) is 26.1. The highest BCUT2D eigenvalue weighted by molar-refractivity contribution is 6.18. The van der Waals surface area contributed by atoms with Crippen LogP contribution in [0.1, 0.15) is 51.3 Å². The quantitative estimate of drug-likeness (QED) is 0.269. The molecule has 0 radical (unpaired) electrons. The van der Waals surface area contributed by atoms with Crippen molar-refractivity contribution in [1.29, 1.82) is 0 Å². The van der Waals surface area contributed by atoms with Crippen molar-refractivity contribution in [2.45, 2.75) is 37.8 Å². The molecule has 3 aliphatic rings. The van der Waals surface area contributed by atoms with Gasteiger partial charge in [-0.1, -0.05) is 117 Å². The second-order valence-corrected chi connectivity index (χ2v) is 12.0. The number of carbonyl (C=O) groups is 3. The molecular formula is C37H32N2O3. The first-order chi connectivity index (χ1) is 20.4. The Labute approximate surface area is 245 Å². The molecule has 3 heterocycles. The lowest BCUT2D eigenvalue weighted by Gasteiger charge is -2.37. The number of amides is 1. The average Bonchev–Trinajstić information content (AvgIpc) is 3.49. The molecule has 1 spiro atoms. The van der Waals surface area contributed by atoms with Crippen molar-refractivity contribution in [3.63, 3.8) is 0 Å². The molecule has 0 saturated carbocycles. The van der Waals surface area contributed by atoms with Crippen molar-refractivity contribution in [1.82, 2.24) is 0 Å². The van der Waals surface area contributed by atoms with Gasteiger partial charge in [0, 0.05) is 22.5 Å². The van der Waals surface area contributed by atoms with Gasteiger partial charge in [-0.2, -0.15) is 0 Å². The van der Waals surface area contributed by atoms with Gasteiger partial charge in [0.1, 0.15) is 11.5 Å². The van der Waals surface area contributed by atoms with E-state index in [4.69, 9.17) is 0 Å². The number of fused-ring (bicyclic) bond motifs is 6. The first-order valence-corrected chi connectivity index (χ1v) is 14.6. The number of rotatable bonds is 6. The molecule has 4 aromatic carbocycles. The number of Topliss-reactive ketones (excluding diaryl/α,β-unsaturated/α-hetero) is 2. The van der Waals surface area contributed by atoms with Crippen LogP contribution in [-0.2, 0) is 16.6 Å². The largest absolute Gasteiger partial charge is 0.352 e. The van der Waals surface area contributed by atoms with E-state index in [1.807, 2.05) is 108 Å². The number of para-hydroxylation sites is 2. The van der Waals surface area contributed by atoms with Crippen molar-refractivity contribution >= 4 is 34.9 Å². The molecule has 1 amide bonds. The summed E-state index contributed by atoms with van der Waals surface area (Å²) in [4.78, 5) is 46.0. The number of hydrogen-bond acceptors (Lipinski definition) is 4. The Balaban J connectivity index is 1.48. The molecule has 0 bridgehead atoms. The standard InChI is InChI=1S/C37H32N2O3/c1-23(2)22-24-16-18-27(19-17-24)34(40)32-33(35(41)26-11-4-3-5-12-26)39-30-15-9-6-10-25(30)20-21-31(39)37(32)28-13-7-8-14-29(28)38-36(37)42/h3-21,23,31-33H,22H2,1-2H3,(H,38,42)/t31-,32+,33-,37+/m1/s1. The molecule has 1 saturated heterocycles. The topological polar surface area (TPSA) is 66.5 Å². The number of nitrogens with one attached hydrogen (secondary N) is 1. The van der Waals surface area contributed by atoms with Gasteiger partial charge >= 0.3 is 0 Å². The molecule has 4 atom stereocenters. The number of nitrogens with zero attached hydrogens (tertiary/aromatic N) is 1. The molecular weight excluding hydrogens is 520 g/mol. The fraction of sp³-hybridized carbons (Fsp3) is 0.216. The Hall–Kier alpha value is -4.77. The van der Waals surface area contributed by atoms with Crippen LogP contribution in [0.4, 0.5) is 11.4 Å². The van der Waals surface area contributed by atoms with Gasteiger partial charge in [-0.05, 0) is 41.2 Å². The maximum Gasteiger partial charge on any atom is 0.238 e. The monoisotopic (exact) mass is 552 g/mol. The predicted molar refractivity (Wildman–Crippen MR) is 166 cm³/mol. The third-order valence-electron chi connectivity index (χ3n) is 9.03. The SMILES string of the molecule is CC(C)Cc1ccc(C(=O)[C@@H]2[C@H](C(=O)c3ccccc3)N3c4ccccc4C=C[C@@H]3[C@]23C(=O)Nc2ccccc23)cc1. The van der Waals surface area contributed by atoms with Crippen LogP contribution in [0.15, 0.2) is 109 Å². The minimum atomic E-state index is -1.30. The summed E-state index contributed by atoms with van der Waals surface area (Å²) in [6.45, 7) is 4.33. The Bertz CT molecular complexity index is 1740. The van der Waals surface area contributed by atoms with Crippen molar-refractivity contribution in [2.75, 3.05) is 10.2 Å². The highest BCUT2D eigenvalue weighted by atomic mass is 16.2. The summed E-state index contributed by atoms with van der Waals surface area (Å²) in [7, 11) is 0. The van der Waals surface area contributed by atoms with Crippen LogP contribution in [0.5, 0.6) is 0 Å². The minimum absolute atomic E-state index is 0.172. The van der Waals surface area contributed by atoms with Crippen LogP contribution in [0.3, 0.4) is 0 Å². The van der Waals surface area contributed by atoms with Crippen molar-refractivity contribution < 1.29 is 14.4 Å². The molecule has 4 aromatic rings. The fourth-order valence-corrected chi connectivity index (χ4v) is 7.35. The van der Waals surface area contributed by atoms with E-state index in [2.05, 4.69) is 19.2 Å². The highest BCUT2D eigenvalue weighted by Crippen LogP contribution is 2.58. The number of carbonyl (C=O) groups excluding carboxylic acids is 3. The second kappa shape index (κ2) is 9.95. The summed E-state index contributed by atoms with van der Waals surface area (Å²) in [6, 6.07) is 30.9. The molecule has 208 valence electrons. The van der Waals surface area contributed by atoms with Crippen LogP contribution in [0.25, 0.3) is 6.08 Å². The Kier molecular flexibility index (Phi) is 6.19. The first-order valence-electron chi connectivity index (χ1n) is 14.6. The zero-order valence-electron chi connectivity index (χ0n) is 23.7. The predicted octanol–water partition coefficient (Wildman–Crippen LogP) is 6.74. The molecule has 0 aromatic heterocycles. The molecule has 1 N–H and O–H groups in total. The zero-order valence-corrected chi connectivity index (χ0v) is 23.7. The van der Waals surface area contributed by atoms with Crippen LogP contribution in [0.2, 0.25) is 0 Å². The smallest absolute Gasteiger partial charge is 0.238 e. The van der Waals surface area contributed by atoms with E-state index in [-0.39, 0.29) is 17.5 Å². The maximum atomic E-state index is 14.9. The van der Waals surface area contributed by atoms with Gasteiger partial charge < -0.3 is 10.2 Å². The van der Waals surface area contributed by atoms with Gasteiger partial charge in [-0.15, -0.1) is 0 Å². The van der Waals surface area contributed by atoms with Gasteiger partial charge in [0.15, 0.2) is 11.6 Å². The summed E-state index contributed by atoms with van der Waals surface area (Å²) >= 11 is 0. The third-order valence-corrected chi connectivity index (χ3v) is 9.03. The molecule has 3 aliphatic heterocycles. The van der Waals surface area contributed by atoms with Gasteiger partial charge in [0.2, 0.25) is 5.91 Å². The molecule has 0 aliphatic carbocycles. The summed E-state index contributed by atoms with van der Waals surface area (Å²) < 4.78 is 0. The van der Waals surface area contributed by atoms with E-state index in [0.29, 0.717) is 22.7 Å². The van der Waals surface area contributed by atoms with Gasteiger partial charge in [0.25, 0.3) is 0 Å². The summed E-state index contributed by atoms with van der Waals surface area (Å²) in [5.74, 6) is -1.10. The molecule has 7 rings (SSSR count). The number of benzene rings is 4. The lowest BCUT2D eigenvalue weighted by Crippen LogP contribution is -2.51. The van der Waals surface area contributed by atoms with Crippen LogP contribution in [-0.4, -0.2) is 29.6 Å². The molecule has 0 unspecified atom stereocenters. The second-order valence-electron chi connectivity index (χ2n) is 12.0. The van der Waals surface area contributed by atoms with Crippen LogP contribution >= 0.6 is 0 Å². The third kappa shape index (κ3) is 3.80. The lowest BCUT2D eigenvalue weighted by atomic mass is 9.64. The van der Waals surface area contributed by atoms with Gasteiger partial charge in [-0.3, -0.25) is 14.4 Å². The molecule has 42 heavy (non-hydrogen) atoms. The van der Waals surface area contributed by atoms with E-state index in [1.54, 1.807) is 12.1 Å². The van der Waals surface area contributed by atoms with Crippen molar-refractivity contribution in [3.05, 3.63) is 137 Å². The van der Waals surface area contributed by atoms with Gasteiger partial charge in [0.05, 0.1) is 12.0 Å². The average molecular weight is 553 g/mol. The van der Waals surface area contributed by atoms with E-state index < -0.39 is 23.4 Å². The van der Waals surface area contributed by atoms with E-state index >= 15 is 0 Å². The fourth-order valence-electron chi connectivity index (χ4n) is 7.35. The minimum Gasteiger partial charge on any atom is -0.352 e. The van der Waals surface area contributed by atoms with Crippen molar-refractivity contribution in [3.8, 4) is 0 Å². The van der Waals surface area contributed by atoms with E-state index in [0.717, 1.165) is 28.8 Å². The molecule has 5 heteroatoms. The van der Waals surface area contributed by atoms with Gasteiger partial charge in [-0.25, -0.2) is 0 Å². The van der Waals surface area contributed by atoms with Crippen LogP contribution in [0, 0.1) is 11.8 Å². The zero-order chi connectivity index (χ0) is 29.0. The summed E-state index contributed by atoms with van der Waals surface area (Å²) in [6.07, 6.45) is 4.93. The Morgan fingerprint density at radius 1 is 0.810 bits per heavy atom. The van der Waals surface area contributed by atoms with Crippen molar-refractivity contribution in [2.24, 2.45) is 11.8 Å². The number of ketones is 2. The highest BCUT2D eigenvalue weighted by Gasteiger charge is 2.70. The van der Waals surface area contributed by atoms with Crippen LogP contribution < -0.4 is 10.2 Å². The lowest BCUT2D eigenvalue weighted by molar-refractivity contribution is -0.121. The number of anilines is 2. The van der Waals surface area contributed by atoms with E-state index in [1.165, 1.54) is 0 Å². The molecule has 1 fully saturated rings. The van der Waals surface area contributed by atoms with E-state index in [9.17, 15) is 14.4 Å². The Morgan fingerprint density at radius 3 is 2.24 bits per heavy atom.